The van der Waals surface area contributed by atoms with E-state index in [2.05, 4.69) is 36.5 Å². The fourth-order valence-electron chi connectivity index (χ4n) is 3.43. The topological polar surface area (TPSA) is 32.3 Å². The van der Waals surface area contributed by atoms with E-state index in [4.69, 9.17) is 0 Å². The largest absolute Gasteiger partial charge is 0.508 e. The molecule has 0 radical (unpaired) electrons. The quantitative estimate of drug-likeness (QED) is 0.881. The lowest BCUT2D eigenvalue weighted by Gasteiger charge is -2.24. The lowest BCUT2D eigenvalue weighted by molar-refractivity contribution is 0.368. The minimum absolute atomic E-state index is 0.340. The van der Waals surface area contributed by atoms with Crippen LogP contribution < -0.4 is 5.32 Å². The Morgan fingerprint density at radius 1 is 1.05 bits per heavy atom. The van der Waals surface area contributed by atoms with Crippen LogP contribution in [-0.2, 0) is 19.3 Å². The van der Waals surface area contributed by atoms with Crippen LogP contribution in [0, 0.1) is 5.92 Å². The summed E-state index contributed by atoms with van der Waals surface area (Å²) in [6.07, 6.45) is 3.37. The molecule has 0 aromatic heterocycles. The molecule has 2 N–H and O–H groups in total. The molecule has 1 aliphatic rings. The predicted molar refractivity (Wildman–Crippen MR) is 86.6 cm³/mol. The van der Waals surface area contributed by atoms with Gasteiger partial charge in [-0.1, -0.05) is 43.3 Å². The number of fused-ring (bicyclic) bond motifs is 1. The van der Waals surface area contributed by atoms with Crippen LogP contribution in [-0.4, -0.2) is 17.7 Å². The normalized spacial score (nSPS) is 15.9. The Morgan fingerprint density at radius 3 is 2.24 bits per heavy atom. The molecular weight excluding hydrogens is 258 g/mol. The number of aromatic hydroxyl groups is 1. The number of benzene rings is 2. The second-order valence-corrected chi connectivity index (χ2v) is 5.97. The van der Waals surface area contributed by atoms with Crippen molar-refractivity contribution in [2.75, 3.05) is 6.54 Å². The van der Waals surface area contributed by atoms with E-state index < -0.39 is 0 Å². The molecule has 1 unspecified atom stereocenters. The second kappa shape index (κ2) is 6.31. The third-order valence-electron chi connectivity index (χ3n) is 4.51. The highest BCUT2D eigenvalue weighted by Crippen LogP contribution is 2.30. The Bertz CT molecular complexity index is 566. The van der Waals surface area contributed by atoms with Crippen molar-refractivity contribution in [3.05, 3.63) is 65.2 Å². The number of phenolic OH excluding ortho intramolecular Hbond substituents is 1. The van der Waals surface area contributed by atoms with E-state index in [9.17, 15) is 5.11 Å². The molecule has 0 heterocycles. The fraction of sp³-hybridized carbons (Fsp3) is 0.368. The Morgan fingerprint density at radius 2 is 1.67 bits per heavy atom. The van der Waals surface area contributed by atoms with Crippen molar-refractivity contribution in [3.8, 4) is 5.75 Å². The van der Waals surface area contributed by atoms with Gasteiger partial charge in [-0.15, -0.1) is 0 Å². The minimum atomic E-state index is 0.340. The third-order valence-corrected chi connectivity index (χ3v) is 4.51. The maximum atomic E-state index is 9.41. The number of likely N-dealkylation sites (N-methyl/N-ethyl adjacent to an activating group) is 1. The first-order chi connectivity index (χ1) is 10.3. The van der Waals surface area contributed by atoms with Gasteiger partial charge in [0.2, 0.25) is 0 Å². The highest BCUT2D eigenvalue weighted by molar-refractivity contribution is 5.33. The Balaban J connectivity index is 1.72. The number of rotatable bonds is 5. The molecule has 3 rings (SSSR count). The molecule has 2 nitrogen and oxygen atoms in total. The molecule has 1 atom stereocenters. The highest BCUT2D eigenvalue weighted by atomic mass is 16.3. The van der Waals surface area contributed by atoms with Crippen molar-refractivity contribution in [1.82, 2.24) is 5.32 Å². The standard InChI is InChI=1S/C19H23NO/c1-2-20-19(11-14-7-9-18(21)10-8-14)17-12-15-5-3-4-6-16(15)13-17/h3-10,17,19-21H,2,11-13H2,1H3. The molecule has 2 aromatic carbocycles. The maximum Gasteiger partial charge on any atom is 0.115 e. The summed E-state index contributed by atoms with van der Waals surface area (Å²) in [7, 11) is 0. The number of hydrogen-bond acceptors (Lipinski definition) is 2. The van der Waals surface area contributed by atoms with Crippen molar-refractivity contribution in [1.29, 1.82) is 0 Å². The van der Waals surface area contributed by atoms with Gasteiger partial charge in [-0.05, 0) is 60.5 Å². The summed E-state index contributed by atoms with van der Waals surface area (Å²) in [5.74, 6) is 1.00. The molecule has 0 amide bonds. The average molecular weight is 281 g/mol. The monoisotopic (exact) mass is 281 g/mol. The molecule has 0 saturated carbocycles. The van der Waals surface area contributed by atoms with E-state index in [0.29, 0.717) is 17.7 Å². The number of nitrogens with one attached hydrogen (secondary N) is 1. The van der Waals surface area contributed by atoms with Crippen LogP contribution in [0.2, 0.25) is 0 Å². The van der Waals surface area contributed by atoms with Crippen molar-refractivity contribution < 1.29 is 5.11 Å². The van der Waals surface area contributed by atoms with Crippen molar-refractivity contribution in [3.63, 3.8) is 0 Å². The van der Waals surface area contributed by atoms with E-state index in [-0.39, 0.29) is 0 Å². The summed E-state index contributed by atoms with van der Waals surface area (Å²) in [5, 5.41) is 13.1. The van der Waals surface area contributed by atoms with Gasteiger partial charge in [-0.3, -0.25) is 0 Å². The van der Waals surface area contributed by atoms with Crippen LogP contribution >= 0.6 is 0 Å². The molecule has 2 aromatic rings. The van der Waals surface area contributed by atoms with E-state index in [1.807, 2.05) is 12.1 Å². The maximum absolute atomic E-state index is 9.41. The molecule has 0 spiro atoms. The minimum Gasteiger partial charge on any atom is -0.508 e. The lowest BCUT2D eigenvalue weighted by Crippen LogP contribution is -2.38. The molecule has 2 heteroatoms. The molecule has 1 aliphatic carbocycles. The van der Waals surface area contributed by atoms with E-state index >= 15 is 0 Å². The van der Waals surface area contributed by atoms with Gasteiger partial charge in [0.15, 0.2) is 0 Å². The summed E-state index contributed by atoms with van der Waals surface area (Å²) in [5.41, 5.74) is 4.31. The van der Waals surface area contributed by atoms with Gasteiger partial charge in [0.25, 0.3) is 0 Å². The summed E-state index contributed by atoms with van der Waals surface area (Å²) >= 11 is 0. The smallest absolute Gasteiger partial charge is 0.115 e. The van der Waals surface area contributed by atoms with Gasteiger partial charge in [0, 0.05) is 6.04 Å². The lowest BCUT2D eigenvalue weighted by atomic mass is 9.91. The first-order valence-electron chi connectivity index (χ1n) is 7.84. The molecule has 21 heavy (non-hydrogen) atoms. The molecule has 0 fully saturated rings. The molecule has 0 bridgehead atoms. The highest BCUT2D eigenvalue weighted by Gasteiger charge is 2.27. The molecule has 0 aliphatic heterocycles. The van der Waals surface area contributed by atoms with Crippen LogP contribution in [0.4, 0.5) is 0 Å². The second-order valence-electron chi connectivity index (χ2n) is 5.97. The SMILES string of the molecule is CCNC(Cc1ccc(O)cc1)C1Cc2ccccc2C1. The van der Waals surface area contributed by atoms with Gasteiger partial charge in [-0.25, -0.2) is 0 Å². The van der Waals surface area contributed by atoms with E-state index in [1.54, 1.807) is 12.1 Å². The third kappa shape index (κ3) is 3.27. The zero-order valence-corrected chi connectivity index (χ0v) is 12.5. The summed E-state index contributed by atoms with van der Waals surface area (Å²) < 4.78 is 0. The first-order valence-corrected chi connectivity index (χ1v) is 7.84. The van der Waals surface area contributed by atoms with Crippen molar-refractivity contribution in [2.24, 2.45) is 5.92 Å². The Labute approximate surface area is 126 Å². The zero-order chi connectivity index (χ0) is 14.7. The molecular formula is C19H23NO. The number of phenols is 1. The predicted octanol–water partition coefficient (Wildman–Crippen LogP) is 3.33. The summed E-state index contributed by atoms with van der Waals surface area (Å²) in [4.78, 5) is 0. The molecule has 0 saturated heterocycles. The van der Waals surface area contributed by atoms with Crippen LogP contribution in [0.15, 0.2) is 48.5 Å². The van der Waals surface area contributed by atoms with Crippen molar-refractivity contribution in [2.45, 2.75) is 32.2 Å². The summed E-state index contributed by atoms with van der Waals surface area (Å²) in [6, 6.07) is 16.9. The van der Waals surface area contributed by atoms with E-state index in [0.717, 1.165) is 13.0 Å². The summed E-state index contributed by atoms with van der Waals surface area (Å²) in [6.45, 7) is 3.17. The Hall–Kier alpha value is -1.80. The van der Waals surface area contributed by atoms with Crippen molar-refractivity contribution >= 4 is 0 Å². The Kier molecular flexibility index (Phi) is 4.26. The molecule has 110 valence electrons. The van der Waals surface area contributed by atoms with E-state index in [1.165, 1.54) is 29.5 Å². The van der Waals surface area contributed by atoms with Crippen LogP contribution in [0.1, 0.15) is 23.6 Å². The van der Waals surface area contributed by atoms with Gasteiger partial charge in [0.05, 0.1) is 0 Å². The van der Waals surface area contributed by atoms with Gasteiger partial charge in [0.1, 0.15) is 5.75 Å². The van der Waals surface area contributed by atoms with Gasteiger partial charge < -0.3 is 10.4 Å². The zero-order valence-electron chi connectivity index (χ0n) is 12.5. The van der Waals surface area contributed by atoms with Crippen LogP contribution in [0.5, 0.6) is 5.75 Å². The fourth-order valence-corrected chi connectivity index (χ4v) is 3.43. The van der Waals surface area contributed by atoms with Crippen LogP contribution in [0.3, 0.4) is 0 Å². The first kappa shape index (κ1) is 14.2. The van der Waals surface area contributed by atoms with Gasteiger partial charge >= 0.3 is 0 Å². The average Bonchev–Trinajstić information content (AvgIpc) is 2.93. The van der Waals surface area contributed by atoms with Crippen LogP contribution in [0.25, 0.3) is 0 Å². The van der Waals surface area contributed by atoms with Gasteiger partial charge in [-0.2, -0.15) is 0 Å². The number of hydrogen-bond donors (Lipinski definition) is 2.